The van der Waals surface area contributed by atoms with Gasteiger partial charge in [0.25, 0.3) is 0 Å². The molecule has 2 nitrogen and oxygen atoms in total. The van der Waals surface area contributed by atoms with Gasteiger partial charge in [-0.3, -0.25) is 9.98 Å². The summed E-state index contributed by atoms with van der Waals surface area (Å²) in [6, 6.07) is 31.3. The lowest BCUT2D eigenvalue weighted by molar-refractivity contribution is 1.26. The van der Waals surface area contributed by atoms with E-state index in [1.807, 2.05) is 30.5 Å². The van der Waals surface area contributed by atoms with E-state index in [-0.39, 0.29) is 0 Å². The van der Waals surface area contributed by atoms with Crippen LogP contribution in [0, 0.1) is 0 Å². The van der Waals surface area contributed by atoms with Crippen molar-refractivity contribution in [3.8, 4) is 22.3 Å². The first-order chi connectivity index (χ1) is 14.4. The van der Waals surface area contributed by atoms with Crippen LogP contribution in [0.3, 0.4) is 0 Å². The Kier molecular flexibility index (Phi) is 5.73. The lowest BCUT2D eigenvalue weighted by Crippen LogP contribution is -1.92. The van der Waals surface area contributed by atoms with E-state index in [0.29, 0.717) is 0 Å². The maximum atomic E-state index is 4.35. The van der Waals surface area contributed by atoms with E-state index in [4.69, 9.17) is 0 Å². The second-order valence-corrected chi connectivity index (χ2v) is 6.76. The van der Waals surface area contributed by atoms with Crippen molar-refractivity contribution < 1.29 is 0 Å². The van der Waals surface area contributed by atoms with E-state index in [1.165, 1.54) is 16.7 Å². The Morgan fingerprint density at radius 2 is 1.45 bits per heavy atom. The van der Waals surface area contributed by atoms with Gasteiger partial charge in [0.05, 0.1) is 5.70 Å². The molecular formula is C27H22N2. The second kappa shape index (κ2) is 8.94. The Morgan fingerprint density at radius 3 is 2.21 bits per heavy atom. The molecule has 0 bridgehead atoms. The van der Waals surface area contributed by atoms with Crippen LogP contribution < -0.4 is 0 Å². The van der Waals surface area contributed by atoms with Crippen LogP contribution in [-0.4, -0.2) is 11.7 Å². The van der Waals surface area contributed by atoms with Crippen LogP contribution in [0.4, 0.5) is 0 Å². The first-order valence-electron chi connectivity index (χ1n) is 9.67. The molecule has 4 aromatic rings. The zero-order chi connectivity index (χ0) is 19.9. The molecule has 0 saturated heterocycles. The number of aliphatic imine (C=N–C) groups is 1. The molecule has 0 aliphatic rings. The van der Waals surface area contributed by atoms with E-state index < -0.39 is 0 Å². The standard InChI is InChI=1S/C27H22N2/c1-28-27(26-16-8-7-15-25(26)23-13-9-19-29-20-23)18-17-22-12-5-6-14-24(22)21-10-3-2-4-11-21/h2-16,18-20H,1,17H2/b27-18-. The number of hydrogen-bond acceptors (Lipinski definition) is 2. The Balaban J connectivity index is 1.71. The highest BCUT2D eigenvalue weighted by atomic mass is 14.7. The van der Waals surface area contributed by atoms with Gasteiger partial charge in [0.15, 0.2) is 0 Å². The minimum absolute atomic E-state index is 0.779. The van der Waals surface area contributed by atoms with Crippen LogP contribution in [0.1, 0.15) is 11.1 Å². The molecule has 1 heterocycles. The molecule has 0 unspecified atom stereocenters. The fourth-order valence-electron chi connectivity index (χ4n) is 3.54. The lowest BCUT2D eigenvalue weighted by atomic mass is 9.95. The summed E-state index contributed by atoms with van der Waals surface area (Å²) in [7, 11) is 0. The maximum absolute atomic E-state index is 4.35. The summed E-state index contributed by atoms with van der Waals surface area (Å²) in [6.07, 6.45) is 6.60. The average Bonchev–Trinajstić information content (AvgIpc) is 2.81. The highest BCUT2D eigenvalue weighted by Gasteiger charge is 2.09. The van der Waals surface area contributed by atoms with Gasteiger partial charge >= 0.3 is 0 Å². The van der Waals surface area contributed by atoms with E-state index in [2.05, 4.69) is 89.5 Å². The summed E-state index contributed by atoms with van der Waals surface area (Å²) in [5, 5.41) is 0. The Hall–Kier alpha value is -3.78. The molecule has 0 amide bonds. The molecule has 0 aliphatic carbocycles. The van der Waals surface area contributed by atoms with Crippen molar-refractivity contribution in [2.45, 2.75) is 6.42 Å². The molecule has 0 aliphatic heterocycles. The van der Waals surface area contributed by atoms with Gasteiger partial charge in [-0.1, -0.05) is 91.0 Å². The molecule has 4 rings (SSSR count). The zero-order valence-electron chi connectivity index (χ0n) is 16.2. The van der Waals surface area contributed by atoms with Gasteiger partial charge in [0.2, 0.25) is 0 Å². The molecular weight excluding hydrogens is 352 g/mol. The van der Waals surface area contributed by atoms with Gasteiger partial charge in [-0.25, -0.2) is 0 Å². The number of rotatable bonds is 6. The molecule has 0 spiro atoms. The van der Waals surface area contributed by atoms with Crippen molar-refractivity contribution in [2.24, 2.45) is 4.99 Å². The number of aromatic nitrogens is 1. The first kappa shape index (κ1) is 18.6. The lowest BCUT2D eigenvalue weighted by Gasteiger charge is -2.11. The third kappa shape index (κ3) is 4.22. The highest BCUT2D eigenvalue weighted by Crippen LogP contribution is 2.30. The predicted molar refractivity (Wildman–Crippen MR) is 123 cm³/mol. The Bertz CT molecular complexity index is 1130. The summed E-state index contributed by atoms with van der Waals surface area (Å²) >= 11 is 0. The zero-order valence-corrected chi connectivity index (χ0v) is 16.2. The predicted octanol–water partition coefficient (Wildman–Crippen LogP) is 6.70. The number of pyridine rings is 1. The molecule has 0 radical (unpaired) electrons. The van der Waals surface area contributed by atoms with Crippen molar-refractivity contribution in [1.82, 2.24) is 4.98 Å². The molecule has 140 valence electrons. The van der Waals surface area contributed by atoms with Crippen molar-refractivity contribution in [3.05, 3.63) is 121 Å². The molecule has 1 aromatic heterocycles. The Morgan fingerprint density at radius 1 is 0.759 bits per heavy atom. The summed E-state index contributed by atoms with van der Waals surface area (Å²) < 4.78 is 0. The SMILES string of the molecule is C=N/C(=C\Cc1ccccc1-c1ccccc1)c1ccccc1-c1cccnc1. The summed E-state index contributed by atoms with van der Waals surface area (Å²) in [6.45, 7) is 3.83. The fraction of sp³-hybridized carbons (Fsp3) is 0.0370. The average molecular weight is 374 g/mol. The smallest absolute Gasteiger partial charge is 0.0664 e. The monoisotopic (exact) mass is 374 g/mol. The van der Waals surface area contributed by atoms with Crippen molar-refractivity contribution in [3.63, 3.8) is 0 Å². The van der Waals surface area contributed by atoms with E-state index in [0.717, 1.165) is 28.8 Å². The minimum Gasteiger partial charge on any atom is -0.264 e. The van der Waals surface area contributed by atoms with Crippen LogP contribution in [0.25, 0.3) is 28.0 Å². The van der Waals surface area contributed by atoms with Crippen LogP contribution in [-0.2, 0) is 6.42 Å². The van der Waals surface area contributed by atoms with Crippen molar-refractivity contribution >= 4 is 12.4 Å². The van der Waals surface area contributed by atoms with E-state index in [1.54, 1.807) is 6.20 Å². The van der Waals surface area contributed by atoms with E-state index >= 15 is 0 Å². The van der Waals surface area contributed by atoms with Gasteiger partial charge in [0, 0.05) is 23.5 Å². The van der Waals surface area contributed by atoms with Crippen LogP contribution >= 0.6 is 0 Å². The molecule has 0 atom stereocenters. The number of hydrogen-bond donors (Lipinski definition) is 0. The highest BCUT2D eigenvalue weighted by molar-refractivity contribution is 5.82. The largest absolute Gasteiger partial charge is 0.264 e. The minimum atomic E-state index is 0.779. The molecule has 3 aromatic carbocycles. The molecule has 0 fully saturated rings. The van der Waals surface area contributed by atoms with Crippen molar-refractivity contribution in [1.29, 1.82) is 0 Å². The van der Waals surface area contributed by atoms with Gasteiger partial charge in [-0.15, -0.1) is 0 Å². The van der Waals surface area contributed by atoms with Gasteiger partial charge in [0.1, 0.15) is 0 Å². The number of nitrogens with zero attached hydrogens (tertiary/aromatic N) is 2. The quantitative estimate of drug-likeness (QED) is 0.345. The normalized spacial score (nSPS) is 11.2. The summed E-state index contributed by atoms with van der Waals surface area (Å²) in [5.74, 6) is 0. The van der Waals surface area contributed by atoms with Crippen molar-refractivity contribution in [2.75, 3.05) is 0 Å². The summed E-state index contributed by atoms with van der Waals surface area (Å²) in [4.78, 5) is 8.61. The van der Waals surface area contributed by atoms with Crippen LogP contribution in [0.2, 0.25) is 0 Å². The van der Waals surface area contributed by atoms with Crippen LogP contribution in [0.5, 0.6) is 0 Å². The molecule has 0 N–H and O–H groups in total. The summed E-state index contributed by atoms with van der Waals surface area (Å²) in [5.41, 5.74) is 7.85. The maximum Gasteiger partial charge on any atom is 0.0664 e. The second-order valence-electron chi connectivity index (χ2n) is 6.76. The third-order valence-corrected chi connectivity index (χ3v) is 4.96. The van der Waals surface area contributed by atoms with E-state index in [9.17, 15) is 0 Å². The number of allylic oxidation sites excluding steroid dienone is 1. The molecule has 2 heteroatoms. The Labute approximate surface area is 171 Å². The van der Waals surface area contributed by atoms with Gasteiger partial charge in [-0.2, -0.15) is 0 Å². The molecule has 0 saturated carbocycles. The van der Waals surface area contributed by atoms with Gasteiger partial charge < -0.3 is 0 Å². The topological polar surface area (TPSA) is 25.2 Å². The van der Waals surface area contributed by atoms with Crippen LogP contribution in [0.15, 0.2) is 114 Å². The fourth-order valence-corrected chi connectivity index (χ4v) is 3.54. The third-order valence-electron chi connectivity index (χ3n) is 4.96. The molecule has 29 heavy (non-hydrogen) atoms. The number of benzene rings is 3. The first-order valence-corrected chi connectivity index (χ1v) is 9.67. The van der Waals surface area contributed by atoms with Gasteiger partial charge in [-0.05, 0) is 41.5 Å².